The Balaban J connectivity index is 1.94. The average Bonchev–Trinajstić information content (AvgIpc) is 2.91. The maximum atomic E-state index is 12.4. The highest BCUT2D eigenvalue weighted by Crippen LogP contribution is 2.23. The van der Waals surface area contributed by atoms with Crippen molar-refractivity contribution in [2.45, 2.75) is 33.2 Å². The molecule has 0 aliphatic carbocycles. The molecule has 0 aliphatic heterocycles. The van der Waals surface area contributed by atoms with Crippen LogP contribution in [-0.2, 0) is 17.8 Å². The maximum absolute atomic E-state index is 12.4. The van der Waals surface area contributed by atoms with Gasteiger partial charge in [-0.25, -0.2) is 0 Å². The van der Waals surface area contributed by atoms with Crippen molar-refractivity contribution in [3.63, 3.8) is 0 Å². The van der Waals surface area contributed by atoms with E-state index in [4.69, 9.17) is 0 Å². The molecule has 25 heavy (non-hydrogen) atoms. The van der Waals surface area contributed by atoms with Gasteiger partial charge in [0.1, 0.15) is 0 Å². The summed E-state index contributed by atoms with van der Waals surface area (Å²) in [6.45, 7) is 8.68. The molecule has 0 radical (unpaired) electrons. The molecule has 0 saturated carbocycles. The first-order valence-corrected chi connectivity index (χ1v) is 9.23. The number of nitrogens with zero attached hydrogens (tertiary/aromatic N) is 2. The SMILES string of the molecule is C=CCn1c(=NC(=O)CCc2ccccc2)sc2cc(C)cc(C)c21. The summed E-state index contributed by atoms with van der Waals surface area (Å²) >= 11 is 1.57. The molecule has 3 rings (SSSR count). The Labute approximate surface area is 152 Å². The lowest BCUT2D eigenvalue weighted by Crippen LogP contribution is -2.16. The minimum Gasteiger partial charge on any atom is -0.312 e. The lowest BCUT2D eigenvalue weighted by atomic mass is 10.1. The molecule has 128 valence electrons. The standard InChI is InChI=1S/C21H22N2OS/c1-4-12-23-20-16(3)13-15(2)14-18(20)25-21(23)22-19(24)11-10-17-8-6-5-7-9-17/h4-9,13-14H,1,10-12H2,2-3H3. The van der Waals surface area contributed by atoms with Gasteiger partial charge in [-0.2, -0.15) is 4.99 Å². The third kappa shape index (κ3) is 3.97. The van der Waals surface area contributed by atoms with Crippen molar-refractivity contribution in [3.05, 3.63) is 76.6 Å². The normalized spacial score (nSPS) is 11.8. The topological polar surface area (TPSA) is 34.4 Å². The lowest BCUT2D eigenvalue weighted by Gasteiger charge is -2.05. The molecular formula is C21H22N2OS. The molecule has 1 heterocycles. The minimum atomic E-state index is -0.0809. The second kappa shape index (κ2) is 7.62. The second-order valence-electron chi connectivity index (χ2n) is 6.20. The third-order valence-corrected chi connectivity index (χ3v) is 5.14. The molecule has 2 aromatic carbocycles. The van der Waals surface area contributed by atoms with Crippen LogP contribution in [0, 0.1) is 13.8 Å². The van der Waals surface area contributed by atoms with E-state index in [1.54, 1.807) is 11.3 Å². The molecule has 3 aromatic rings. The number of aromatic nitrogens is 1. The smallest absolute Gasteiger partial charge is 0.248 e. The van der Waals surface area contributed by atoms with E-state index in [1.807, 2.05) is 36.4 Å². The van der Waals surface area contributed by atoms with Crippen LogP contribution >= 0.6 is 11.3 Å². The van der Waals surface area contributed by atoms with Crippen molar-refractivity contribution < 1.29 is 4.79 Å². The second-order valence-corrected chi connectivity index (χ2v) is 7.21. The number of fused-ring (bicyclic) bond motifs is 1. The van der Waals surface area contributed by atoms with E-state index in [9.17, 15) is 4.79 Å². The molecule has 0 fully saturated rings. The van der Waals surface area contributed by atoms with Crippen LogP contribution in [-0.4, -0.2) is 10.5 Å². The highest BCUT2D eigenvalue weighted by molar-refractivity contribution is 7.16. The fourth-order valence-electron chi connectivity index (χ4n) is 3.03. The Morgan fingerprint density at radius 2 is 2.00 bits per heavy atom. The van der Waals surface area contributed by atoms with E-state index in [-0.39, 0.29) is 5.91 Å². The van der Waals surface area contributed by atoms with Gasteiger partial charge in [0.05, 0.1) is 10.2 Å². The molecule has 0 unspecified atom stereocenters. The van der Waals surface area contributed by atoms with Gasteiger partial charge in [0, 0.05) is 13.0 Å². The minimum absolute atomic E-state index is 0.0809. The fraction of sp³-hybridized carbons (Fsp3) is 0.238. The molecule has 0 spiro atoms. The highest BCUT2D eigenvalue weighted by Gasteiger charge is 2.10. The van der Waals surface area contributed by atoms with Crippen molar-refractivity contribution in [2.75, 3.05) is 0 Å². The first-order valence-electron chi connectivity index (χ1n) is 8.41. The monoisotopic (exact) mass is 350 g/mol. The predicted molar refractivity (Wildman–Crippen MR) is 105 cm³/mol. The van der Waals surface area contributed by atoms with Crippen LogP contribution in [0.1, 0.15) is 23.1 Å². The highest BCUT2D eigenvalue weighted by atomic mass is 32.1. The van der Waals surface area contributed by atoms with Gasteiger partial charge in [0.25, 0.3) is 0 Å². The Morgan fingerprint density at radius 1 is 1.24 bits per heavy atom. The van der Waals surface area contributed by atoms with Gasteiger partial charge in [-0.05, 0) is 43.0 Å². The zero-order chi connectivity index (χ0) is 17.8. The summed E-state index contributed by atoms with van der Waals surface area (Å²) in [4.78, 5) is 17.5. The van der Waals surface area contributed by atoms with Gasteiger partial charge in [0.2, 0.25) is 5.91 Å². The Bertz CT molecular complexity index is 980. The lowest BCUT2D eigenvalue weighted by molar-refractivity contribution is -0.118. The summed E-state index contributed by atoms with van der Waals surface area (Å²) in [7, 11) is 0. The quantitative estimate of drug-likeness (QED) is 0.621. The Kier molecular flexibility index (Phi) is 5.29. The Morgan fingerprint density at radius 3 is 2.72 bits per heavy atom. The average molecular weight is 350 g/mol. The first-order chi connectivity index (χ1) is 12.1. The first kappa shape index (κ1) is 17.4. The van der Waals surface area contributed by atoms with Crippen LogP contribution in [0.25, 0.3) is 10.2 Å². The number of rotatable bonds is 5. The number of allylic oxidation sites excluding steroid dienone is 1. The number of amides is 1. The molecule has 0 atom stereocenters. The summed E-state index contributed by atoms with van der Waals surface area (Å²) in [6.07, 6.45) is 2.98. The molecule has 0 saturated heterocycles. The number of thiazole rings is 1. The van der Waals surface area contributed by atoms with Crippen molar-refractivity contribution in [1.29, 1.82) is 0 Å². The van der Waals surface area contributed by atoms with Crippen LogP contribution in [0.2, 0.25) is 0 Å². The number of hydrogen-bond acceptors (Lipinski definition) is 2. The molecule has 3 nitrogen and oxygen atoms in total. The van der Waals surface area contributed by atoms with Gasteiger partial charge < -0.3 is 4.57 Å². The van der Waals surface area contributed by atoms with Gasteiger partial charge >= 0.3 is 0 Å². The molecular weight excluding hydrogens is 328 g/mol. The third-order valence-electron chi connectivity index (χ3n) is 4.11. The molecule has 0 bridgehead atoms. The zero-order valence-electron chi connectivity index (χ0n) is 14.7. The summed E-state index contributed by atoms with van der Waals surface area (Å²) in [5.74, 6) is -0.0809. The molecule has 1 aromatic heterocycles. The zero-order valence-corrected chi connectivity index (χ0v) is 15.5. The van der Waals surface area contributed by atoms with E-state index in [1.165, 1.54) is 11.1 Å². The van der Waals surface area contributed by atoms with E-state index in [2.05, 4.69) is 42.1 Å². The largest absolute Gasteiger partial charge is 0.312 e. The number of benzene rings is 2. The number of aryl methyl sites for hydroxylation is 3. The molecule has 1 amide bonds. The van der Waals surface area contributed by atoms with Crippen LogP contribution in [0.5, 0.6) is 0 Å². The van der Waals surface area contributed by atoms with Gasteiger partial charge in [0.15, 0.2) is 4.80 Å². The number of carbonyl (C=O) groups excluding carboxylic acids is 1. The van der Waals surface area contributed by atoms with Gasteiger partial charge in [-0.1, -0.05) is 53.8 Å². The van der Waals surface area contributed by atoms with Crippen LogP contribution in [0.4, 0.5) is 0 Å². The van der Waals surface area contributed by atoms with Crippen molar-refractivity contribution >= 4 is 27.5 Å². The van der Waals surface area contributed by atoms with Crippen molar-refractivity contribution in [2.24, 2.45) is 4.99 Å². The molecule has 0 aliphatic rings. The maximum Gasteiger partial charge on any atom is 0.248 e. The van der Waals surface area contributed by atoms with E-state index >= 15 is 0 Å². The summed E-state index contributed by atoms with van der Waals surface area (Å²) < 4.78 is 3.25. The van der Waals surface area contributed by atoms with Gasteiger partial charge in [-0.3, -0.25) is 4.79 Å². The predicted octanol–water partition coefficient (Wildman–Crippen LogP) is 4.57. The number of hydrogen-bond donors (Lipinski definition) is 0. The summed E-state index contributed by atoms with van der Waals surface area (Å²) in [5, 5.41) is 0. The summed E-state index contributed by atoms with van der Waals surface area (Å²) in [5.41, 5.74) is 4.73. The molecule has 0 N–H and O–H groups in total. The molecule has 4 heteroatoms. The van der Waals surface area contributed by atoms with E-state index < -0.39 is 0 Å². The Hall–Kier alpha value is -2.46. The van der Waals surface area contributed by atoms with Crippen molar-refractivity contribution in [3.8, 4) is 0 Å². The van der Waals surface area contributed by atoms with Gasteiger partial charge in [-0.15, -0.1) is 6.58 Å². The van der Waals surface area contributed by atoms with Crippen LogP contribution in [0.15, 0.2) is 60.1 Å². The van der Waals surface area contributed by atoms with E-state index in [0.717, 1.165) is 20.6 Å². The number of carbonyl (C=O) groups is 1. The summed E-state index contributed by atoms with van der Waals surface area (Å²) in [6, 6.07) is 14.4. The van der Waals surface area contributed by atoms with Crippen LogP contribution in [0.3, 0.4) is 0 Å². The van der Waals surface area contributed by atoms with Crippen molar-refractivity contribution in [1.82, 2.24) is 4.57 Å². The van der Waals surface area contributed by atoms with Crippen LogP contribution < -0.4 is 4.80 Å². The fourth-order valence-corrected chi connectivity index (χ4v) is 4.27. The van der Waals surface area contributed by atoms with E-state index in [0.29, 0.717) is 19.4 Å².